The standard InChI is InChI=1S/C14H22Br2O2Si/c1-5-18-14-12(15)8-11(9-13(14)16)10-17-6-7-19(2,3)4/h8-9H,5-7,10H2,1-4H3. The van der Waals surface area contributed by atoms with Gasteiger partial charge < -0.3 is 9.47 Å². The fourth-order valence-electron chi connectivity index (χ4n) is 1.55. The maximum absolute atomic E-state index is 5.76. The Kier molecular flexibility index (Phi) is 7.08. The highest BCUT2D eigenvalue weighted by Crippen LogP contribution is 2.35. The van der Waals surface area contributed by atoms with E-state index in [9.17, 15) is 0 Å². The minimum absolute atomic E-state index is 0.647. The second kappa shape index (κ2) is 7.81. The van der Waals surface area contributed by atoms with Crippen LogP contribution in [0.15, 0.2) is 21.1 Å². The number of halogens is 2. The van der Waals surface area contributed by atoms with Crippen molar-refractivity contribution in [3.8, 4) is 5.75 Å². The zero-order valence-electron chi connectivity index (χ0n) is 12.1. The van der Waals surface area contributed by atoms with Crippen LogP contribution in [0.4, 0.5) is 0 Å². The van der Waals surface area contributed by atoms with Crippen LogP contribution in [0, 0.1) is 0 Å². The van der Waals surface area contributed by atoms with Gasteiger partial charge >= 0.3 is 0 Å². The van der Waals surface area contributed by atoms with Crippen LogP contribution < -0.4 is 4.74 Å². The van der Waals surface area contributed by atoms with Crippen molar-refractivity contribution >= 4 is 39.9 Å². The largest absolute Gasteiger partial charge is 0.492 e. The molecule has 0 aliphatic carbocycles. The predicted molar refractivity (Wildman–Crippen MR) is 90.8 cm³/mol. The molecule has 108 valence electrons. The number of hydrogen-bond donors (Lipinski definition) is 0. The van der Waals surface area contributed by atoms with Crippen molar-refractivity contribution in [1.82, 2.24) is 0 Å². The van der Waals surface area contributed by atoms with Crippen molar-refractivity contribution in [3.05, 3.63) is 26.6 Å². The molecule has 0 unspecified atom stereocenters. The highest BCUT2D eigenvalue weighted by Gasteiger charge is 2.12. The molecule has 0 aliphatic rings. The normalized spacial score (nSPS) is 11.7. The molecule has 0 N–H and O–H groups in total. The number of hydrogen-bond acceptors (Lipinski definition) is 2. The zero-order chi connectivity index (χ0) is 14.5. The molecule has 0 atom stereocenters. The molecular formula is C14H22Br2O2Si. The highest BCUT2D eigenvalue weighted by molar-refractivity contribution is 9.11. The summed E-state index contributed by atoms with van der Waals surface area (Å²) in [6.45, 7) is 11.2. The van der Waals surface area contributed by atoms with Crippen LogP contribution in [0.1, 0.15) is 12.5 Å². The van der Waals surface area contributed by atoms with Crippen molar-refractivity contribution in [2.45, 2.75) is 39.2 Å². The van der Waals surface area contributed by atoms with Crippen LogP contribution in [-0.2, 0) is 11.3 Å². The van der Waals surface area contributed by atoms with Crippen LogP contribution in [0.5, 0.6) is 5.75 Å². The van der Waals surface area contributed by atoms with Gasteiger partial charge in [0.1, 0.15) is 5.75 Å². The topological polar surface area (TPSA) is 18.5 Å². The minimum Gasteiger partial charge on any atom is -0.492 e. The Labute approximate surface area is 134 Å². The quantitative estimate of drug-likeness (QED) is 0.439. The summed E-state index contributed by atoms with van der Waals surface area (Å²) in [5.41, 5.74) is 1.15. The van der Waals surface area contributed by atoms with Crippen LogP contribution in [-0.4, -0.2) is 21.3 Å². The summed E-state index contributed by atoms with van der Waals surface area (Å²) in [5, 5.41) is 0. The molecule has 1 aromatic rings. The molecule has 0 saturated heterocycles. The Morgan fingerprint density at radius 2 is 1.68 bits per heavy atom. The maximum atomic E-state index is 5.76. The van der Waals surface area contributed by atoms with E-state index in [0.29, 0.717) is 13.2 Å². The van der Waals surface area contributed by atoms with E-state index in [1.54, 1.807) is 0 Å². The van der Waals surface area contributed by atoms with Gasteiger partial charge in [-0.2, -0.15) is 0 Å². The lowest BCUT2D eigenvalue weighted by Gasteiger charge is -2.16. The second-order valence-corrected chi connectivity index (χ2v) is 13.0. The first-order valence-electron chi connectivity index (χ1n) is 6.52. The van der Waals surface area contributed by atoms with Gasteiger partial charge in [0, 0.05) is 14.7 Å². The Bertz CT molecular complexity index is 393. The van der Waals surface area contributed by atoms with Crippen molar-refractivity contribution in [2.24, 2.45) is 0 Å². The fraction of sp³-hybridized carbons (Fsp3) is 0.571. The van der Waals surface area contributed by atoms with Crippen LogP contribution in [0.3, 0.4) is 0 Å². The lowest BCUT2D eigenvalue weighted by molar-refractivity contribution is 0.133. The Balaban J connectivity index is 2.56. The van der Waals surface area contributed by atoms with E-state index in [1.807, 2.05) is 6.92 Å². The first kappa shape index (κ1) is 17.2. The van der Waals surface area contributed by atoms with Crippen LogP contribution in [0.2, 0.25) is 25.7 Å². The molecule has 1 aromatic carbocycles. The Hall–Kier alpha value is 0.157. The first-order chi connectivity index (χ1) is 8.83. The molecule has 0 radical (unpaired) electrons. The SMILES string of the molecule is CCOc1c(Br)cc(COCC[Si](C)(C)C)cc1Br. The molecule has 0 saturated carbocycles. The lowest BCUT2D eigenvalue weighted by atomic mass is 10.2. The van der Waals surface area contributed by atoms with Crippen molar-refractivity contribution in [3.63, 3.8) is 0 Å². The first-order valence-corrected chi connectivity index (χ1v) is 11.8. The summed E-state index contributed by atoms with van der Waals surface area (Å²) in [5.74, 6) is 0.855. The summed E-state index contributed by atoms with van der Waals surface area (Å²) in [4.78, 5) is 0. The van der Waals surface area contributed by atoms with Crippen molar-refractivity contribution < 1.29 is 9.47 Å². The maximum Gasteiger partial charge on any atom is 0.147 e. The third-order valence-electron chi connectivity index (χ3n) is 2.61. The van der Waals surface area contributed by atoms with E-state index in [2.05, 4.69) is 63.6 Å². The molecule has 0 aliphatic heterocycles. The van der Waals surface area contributed by atoms with Crippen LogP contribution in [0.25, 0.3) is 0 Å². The van der Waals surface area contributed by atoms with Gasteiger partial charge in [0.15, 0.2) is 0 Å². The minimum atomic E-state index is -1.00. The van der Waals surface area contributed by atoms with Gasteiger partial charge in [0.05, 0.1) is 22.2 Å². The Morgan fingerprint density at radius 1 is 1.11 bits per heavy atom. The smallest absolute Gasteiger partial charge is 0.147 e. The average molecular weight is 410 g/mol. The number of ether oxygens (including phenoxy) is 2. The summed E-state index contributed by atoms with van der Waals surface area (Å²) in [6.07, 6.45) is 0. The van der Waals surface area contributed by atoms with Crippen molar-refractivity contribution in [1.29, 1.82) is 0 Å². The average Bonchev–Trinajstić information content (AvgIpc) is 2.28. The van der Waals surface area contributed by atoms with Gasteiger partial charge in [-0.1, -0.05) is 19.6 Å². The molecule has 0 bridgehead atoms. The van der Waals surface area contributed by atoms with Gasteiger partial charge in [-0.25, -0.2) is 0 Å². The lowest BCUT2D eigenvalue weighted by Crippen LogP contribution is -2.21. The van der Waals surface area contributed by atoms with E-state index in [1.165, 1.54) is 6.04 Å². The van der Waals surface area contributed by atoms with Crippen molar-refractivity contribution in [2.75, 3.05) is 13.2 Å². The molecular weight excluding hydrogens is 388 g/mol. The van der Waals surface area contributed by atoms with Gasteiger partial charge in [0.2, 0.25) is 0 Å². The Morgan fingerprint density at radius 3 is 2.16 bits per heavy atom. The number of rotatable bonds is 7. The van der Waals surface area contributed by atoms with E-state index in [0.717, 1.165) is 26.9 Å². The molecule has 0 amide bonds. The van der Waals surface area contributed by atoms with Gasteiger partial charge in [-0.15, -0.1) is 0 Å². The molecule has 5 heteroatoms. The third kappa shape index (κ3) is 6.43. The summed E-state index contributed by atoms with van der Waals surface area (Å²) in [6, 6.07) is 5.32. The van der Waals surface area contributed by atoms with Gasteiger partial charge in [-0.05, 0) is 62.5 Å². The van der Waals surface area contributed by atoms with Crippen LogP contribution >= 0.6 is 31.9 Å². The fourth-order valence-corrected chi connectivity index (χ4v) is 3.81. The molecule has 0 spiro atoms. The second-order valence-electron chi connectivity index (χ2n) is 5.68. The zero-order valence-corrected chi connectivity index (χ0v) is 16.2. The number of benzene rings is 1. The molecule has 2 nitrogen and oxygen atoms in total. The molecule has 0 aromatic heterocycles. The van der Waals surface area contributed by atoms with Gasteiger partial charge in [0.25, 0.3) is 0 Å². The summed E-state index contributed by atoms with van der Waals surface area (Å²) >= 11 is 7.07. The molecule has 19 heavy (non-hydrogen) atoms. The molecule has 0 heterocycles. The monoisotopic (exact) mass is 408 g/mol. The molecule has 0 fully saturated rings. The highest BCUT2D eigenvalue weighted by atomic mass is 79.9. The van der Waals surface area contributed by atoms with E-state index < -0.39 is 8.07 Å². The third-order valence-corrected chi connectivity index (χ3v) is 5.49. The van der Waals surface area contributed by atoms with E-state index in [-0.39, 0.29) is 0 Å². The van der Waals surface area contributed by atoms with E-state index >= 15 is 0 Å². The van der Waals surface area contributed by atoms with Gasteiger partial charge in [-0.3, -0.25) is 0 Å². The summed E-state index contributed by atoms with van der Waals surface area (Å²) in [7, 11) is -1.00. The molecule has 1 rings (SSSR count). The van der Waals surface area contributed by atoms with E-state index in [4.69, 9.17) is 9.47 Å². The predicted octanol–water partition coefficient (Wildman–Crippen LogP) is 5.47. The summed E-state index contributed by atoms with van der Waals surface area (Å²) < 4.78 is 13.3.